The van der Waals surface area contributed by atoms with Gasteiger partial charge in [-0.2, -0.15) is 0 Å². The fourth-order valence-electron chi connectivity index (χ4n) is 3.15. The smallest absolute Gasteiger partial charge is 0.410 e. The molecule has 2 rings (SSSR count). The Morgan fingerprint density at radius 3 is 2.64 bits per heavy atom. The van der Waals surface area contributed by atoms with E-state index in [1.54, 1.807) is 20.8 Å². The van der Waals surface area contributed by atoms with Crippen molar-refractivity contribution >= 4 is 18.0 Å². The SMILES string of the molecule is COC(=O)C12CCC(=O)NC1CCN(C(=O)OC(C)(C)C)C2. The maximum atomic E-state index is 12.3. The molecular formula is C15H24N2O5. The number of amides is 2. The van der Waals surface area contributed by atoms with E-state index in [0.29, 0.717) is 19.4 Å². The molecule has 2 amide bonds. The number of hydrogen-bond acceptors (Lipinski definition) is 5. The van der Waals surface area contributed by atoms with Crippen LogP contribution in [0.2, 0.25) is 0 Å². The normalized spacial score (nSPS) is 28.5. The molecule has 0 aromatic rings. The molecule has 2 heterocycles. The molecule has 0 aromatic carbocycles. The van der Waals surface area contributed by atoms with Crippen molar-refractivity contribution < 1.29 is 23.9 Å². The van der Waals surface area contributed by atoms with E-state index in [1.807, 2.05) is 0 Å². The van der Waals surface area contributed by atoms with Crippen LogP contribution in [-0.4, -0.2) is 54.7 Å². The van der Waals surface area contributed by atoms with Crippen LogP contribution >= 0.6 is 0 Å². The number of nitrogens with one attached hydrogen (secondary N) is 1. The Hall–Kier alpha value is -1.79. The highest BCUT2D eigenvalue weighted by molar-refractivity contribution is 5.85. The number of methoxy groups -OCH3 is 1. The van der Waals surface area contributed by atoms with Crippen LogP contribution in [0, 0.1) is 5.41 Å². The summed E-state index contributed by atoms with van der Waals surface area (Å²) in [6, 6.07) is -0.292. The zero-order valence-electron chi connectivity index (χ0n) is 13.6. The molecule has 2 aliphatic rings. The van der Waals surface area contributed by atoms with Crippen LogP contribution in [0.4, 0.5) is 4.79 Å². The summed E-state index contributed by atoms with van der Waals surface area (Å²) in [6.45, 7) is 6.05. The second kappa shape index (κ2) is 5.78. The van der Waals surface area contributed by atoms with Gasteiger partial charge in [-0.25, -0.2) is 4.79 Å². The maximum absolute atomic E-state index is 12.3. The molecule has 2 aliphatic heterocycles. The van der Waals surface area contributed by atoms with Crippen molar-refractivity contribution in [3.8, 4) is 0 Å². The highest BCUT2D eigenvalue weighted by Gasteiger charge is 2.54. The molecule has 2 unspecified atom stereocenters. The molecule has 7 nitrogen and oxygen atoms in total. The molecule has 7 heteroatoms. The van der Waals surface area contributed by atoms with Crippen LogP contribution in [0.1, 0.15) is 40.0 Å². The molecule has 0 radical (unpaired) electrons. The number of piperidine rings is 2. The number of carbonyl (C=O) groups is 3. The van der Waals surface area contributed by atoms with Gasteiger partial charge >= 0.3 is 12.1 Å². The minimum absolute atomic E-state index is 0.0600. The molecule has 2 atom stereocenters. The van der Waals surface area contributed by atoms with Crippen molar-refractivity contribution in [1.82, 2.24) is 10.2 Å². The van der Waals surface area contributed by atoms with E-state index < -0.39 is 17.1 Å². The van der Waals surface area contributed by atoms with Gasteiger partial charge in [0.1, 0.15) is 11.0 Å². The molecule has 1 N–H and O–H groups in total. The van der Waals surface area contributed by atoms with Crippen molar-refractivity contribution in [1.29, 1.82) is 0 Å². The first-order chi connectivity index (χ1) is 10.2. The van der Waals surface area contributed by atoms with E-state index in [9.17, 15) is 14.4 Å². The van der Waals surface area contributed by atoms with Crippen LogP contribution in [0.3, 0.4) is 0 Å². The van der Waals surface area contributed by atoms with Crippen molar-refractivity contribution in [3.05, 3.63) is 0 Å². The average Bonchev–Trinajstić information content (AvgIpc) is 2.44. The van der Waals surface area contributed by atoms with Gasteiger partial charge in [0.05, 0.1) is 7.11 Å². The summed E-state index contributed by atoms with van der Waals surface area (Å²) in [5.41, 5.74) is -1.47. The Labute approximate surface area is 130 Å². The number of fused-ring (bicyclic) bond motifs is 1. The summed E-state index contributed by atoms with van der Waals surface area (Å²) in [7, 11) is 1.33. The first-order valence-electron chi connectivity index (χ1n) is 7.54. The molecule has 0 aromatic heterocycles. The Kier molecular flexibility index (Phi) is 4.35. The number of likely N-dealkylation sites (tertiary alicyclic amines) is 1. The first-order valence-corrected chi connectivity index (χ1v) is 7.54. The summed E-state index contributed by atoms with van der Waals surface area (Å²) in [5.74, 6) is -0.444. The third-order valence-electron chi connectivity index (χ3n) is 4.20. The highest BCUT2D eigenvalue weighted by Crippen LogP contribution is 2.39. The lowest BCUT2D eigenvalue weighted by atomic mass is 9.70. The van der Waals surface area contributed by atoms with E-state index in [0.717, 1.165) is 0 Å². The lowest BCUT2D eigenvalue weighted by Gasteiger charge is -2.48. The minimum Gasteiger partial charge on any atom is -0.468 e. The highest BCUT2D eigenvalue weighted by atomic mass is 16.6. The van der Waals surface area contributed by atoms with Crippen LogP contribution in [0.15, 0.2) is 0 Å². The number of carbonyl (C=O) groups excluding carboxylic acids is 3. The quantitative estimate of drug-likeness (QED) is 0.732. The predicted molar refractivity (Wildman–Crippen MR) is 78.0 cm³/mol. The molecule has 0 saturated carbocycles. The first kappa shape index (κ1) is 16.6. The van der Waals surface area contributed by atoms with Gasteiger partial charge in [-0.15, -0.1) is 0 Å². The van der Waals surface area contributed by atoms with Gasteiger partial charge in [-0.1, -0.05) is 0 Å². The monoisotopic (exact) mass is 312 g/mol. The summed E-state index contributed by atoms with van der Waals surface area (Å²) < 4.78 is 10.3. The predicted octanol–water partition coefficient (Wildman–Crippen LogP) is 1.07. The second-order valence-corrected chi connectivity index (χ2v) is 6.96. The van der Waals surface area contributed by atoms with Crippen LogP contribution in [-0.2, 0) is 19.1 Å². The molecule has 2 saturated heterocycles. The Balaban J connectivity index is 2.19. The molecular weight excluding hydrogens is 288 g/mol. The second-order valence-electron chi connectivity index (χ2n) is 6.96. The fourth-order valence-corrected chi connectivity index (χ4v) is 3.15. The van der Waals surface area contributed by atoms with E-state index in [-0.39, 0.29) is 30.9 Å². The number of rotatable bonds is 1. The minimum atomic E-state index is -0.877. The van der Waals surface area contributed by atoms with E-state index >= 15 is 0 Å². The molecule has 2 fully saturated rings. The molecule has 0 bridgehead atoms. The largest absolute Gasteiger partial charge is 0.468 e. The Morgan fingerprint density at radius 1 is 1.36 bits per heavy atom. The number of esters is 1. The standard InChI is InChI=1S/C15H24N2O5/c1-14(2,3)22-13(20)17-8-6-10-15(9-17,12(19)21-4)7-5-11(18)16-10/h10H,5-9H2,1-4H3,(H,16,18). The average molecular weight is 312 g/mol. The summed E-state index contributed by atoms with van der Waals surface area (Å²) in [4.78, 5) is 37.7. The van der Waals surface area contributed by atoms with Crippen LogP contribution in [0.5, 0.6) is 0 Å². The summed E-state index contributed by atoms with van der Waals surface area (Å²) >= 11 is 0. The van der Waals surface area contributed by atoms with Gasteiger partial charge < -0.3 is 19.7 Å². The number of hydrogen-bond donors (Lipinski definition) is 1. The van der Waals surface area contributed by atoms with Gasteiger partial charge in [-0.05, 0) is 33.6 Å². The molecule has 0 spiro atoms. The fraction of sp³-hybridized carbons (Fsp3) is 0.800. The van der Waals surface area contributed by atoms with E-state index in [2.05, 4.69) is 5.32 Å². The van der Waals surface area contributed by atoms with E-state index in [4.69, 9.17) is 9.47 Å². The van der Waals surface area contributed by atoms with Gasteiger partial charge in [0.2, 0.25) is 5.91 Å². The van der Waals surface area contributed by atoms with Gasteiger partial charge in [0.25, 0.3) is 0 Å². The van der Waals surface area contributed by atoms with Crippen molar-refractivity contribution in [2.24, 2.45) is 5.41 Å². The Bertz CT molecular complexity index is 485. The zero-order chi connectivity index (χ0) is 16.5. The van der Waals surface area contributed by atoms with Gasteiger partial charge in [-0.3, -0.25) is 9.59 Å². The lowest BCUT2D eigenvalue weighted by molar-refractivity contribution is -0.162. The van der Waals surface area contributed by atoms with Crippen molar-refractivity contribution in [2.45, 2.75) is 51.7 Å². The maximum Gasteiger partial charge on any atom is 0.410 e. The number of ether oxygens (including phenoxy) is 2. The summed E-state index contributed by atoms with van der Waals surface area (Å²) in [5, 5.41) is 2.86. The van der Waals surface area contributed by atoms with E-state index in [1.165, 1.54) is 12.0 Å². The lowest BCUT2D eigenvalue weighted by Crippen LogP contribution is -2.65. The number of nitrogens with zero attached hydrogens (tertiary/aromatic N) is 1. The Morgan fingerprint density at radius 2 is 2.05 bits per heavy atom. The van der Waals surface area contributed by atoms with Crippen LogP contribution < -0.4 is 5.32 Å². The van der Waals surface area contributed by atoms with Crippen molar-refractivity contribution in [2.75, 3.05) is 20.2 Å². The third-order valence-corrected chi connectivity index (χ3v) is 4.20. The van der Waals surface area contributed by atoms with Gasteiger partial charge in [0.15, 0.2) is 0 Å². The van der Waals surface area contributed by atoms with Crippen molar-refractivity contribution in [3.63, 3.8) is 0 Å². The summed E-state index contributed by atoms with van der Waals surface area (Å²) in [6.07, 6.45) is 0.717. The third kappa shape index (κ3) is 3.18. The van der Waals surface area contributed by atoms with Gasteiger partial charge in [0, 0.05) is 25.6 Å². The molecule has 0 aliphatic carbocycles. The topological polar surface area (TPSA) is 84.9 Å². The molecule has 124 valence electrons. The zero-order valence-corrected chi connectivity index (χ0v) is 13.6. The molecule has 22 heavy (non-hydrogen) atoms. The van der Waals surface area contributed by atoms with Crippen LogP contribution in [0.25, 0.3) is 0 Å².